The lowest BCUT2D eigenvalue weighted by atomic mass is 10.1. The van der Waals surface area contributed by atoms with Gasteiger partial charge < -0.3 is 14.2 Å². The van der Waals surface area contributed by atoms with Gasteiger partial charge in [-0.2, -0.15) is 0 Å². The van der Waals surface area contributed by atoms with E-state index in [1.165, 1.54) is 0 Å². The van der Waals surface area contributed by atoms with Crippen molar-refractivity contribution in [1.82, 2.24) is 9.55 Å². The molecule has 4 rings (SSSR count). The zero-order valence-corrected chi connectivity index (χ0v) is 15.5. The van der Waals surface area contributed by atoms with E-state index >= 15 is 0 Å². The summed E-state index contributed by atoms with van der Waals surface area (Å²) >= 11 is 0. The third-order valence-corrected chi connectivity index (χ3v) is 4.94. The molecular formula is C22H23N3O2. The number of nitrogens with zero attached hydrogens (tertiary/aromatic N) is 3. The largest absolute Gasteiger partial charge is 0.492 e. The molecule has 0 spiro atoms. The highest BCUT2D eigenvalue weighted by molar-refractivity contribution is 5.97. The van der Waals surface area contributed by atoms with Gasteiger partial charge in [0.1, 0.15) is 11.6 Å². The van der Waals surface area contributed by atoms with Crippen molar-refractivity contribution in [2.24, 2.45) is 0 Å². The van der Waals surface area contributed by atoms with Crippen LogP contribution < -0.4 is 9.64 Å². The number of carbonyl (C=O) groups excluding carboxylic acids is 1. The molecule has 1 aliphatic rings. The number of anilines is 1. The summed E-state index contributed by atoms with van der Waals surface area (Å²) in [4.78, 5) is 19.5. The molecule has 1 fully saturated rings. The highest BCUT2D eigenvalue weighted by Crippen LogP contribution is 2.37. The first-order valence-corrected chi connectivity index (χ1v) is 9.31. The predicted octanol–water partition coefficient (Wildman–Crippen LogP) is 4.14. The Morgan fingerprint density at radius 1 is 1.22 bits per heavy atom. The lowest BCUT2D eigenvalue weighted by molar-refractivity contribution is -0.117. The Hall–Kier alpha value is -3.08. The van der Waals surface area contributed by atoms with E-state index in [0.717, 1.165) is 28.3 Å². The van der Waals surface area contributed by atoms with Gasteiger partial charge in [-0.3, -0.25) is 4.79 Å². The fraction of sp³-hybridized carbons (Fsp3) is 0.273. The Morgan fingerprint density at radius 2 is 2.00 bits per heavy atom. The first-order chi connectivity index (χ1) is 13.2. The number of rotatable bonds is 6. The van der Waals surface area contributed by atoms with Gasteiger partial charge in [0.05, 0.1) is 23.3 Å². The molecule has 5 heteroatoms. The Bertz CT molecular complexity index is 992. The Morgan fingerprint density at radius 3 is 2.81 bits per heavy atom. The number of hydrogen-bond acceptors (Lipinski definition) is 3. The second kappa shape index (κ2) is 7.27. The van der Waals surface area contributed by atoms with E-state index in [9.17, 15) is 4.79 Å². The van der Waals surface area contributed by atoms with E-state index in [0.29, 0.717) is 26.1 Å². The second-order valence-electron chi connectivity index (χ2n) is 6.66. The smallest absolute Gasteiger partial charge is 0.227 e. The Labute approximate surface area is 158 Å². The molecular weight excluding hydrogens is 338 g/mol. The number of imidazole rings is 1. The van der Waals surface area contributed by atoms with Gasteiger partial charge in [-0.1, -0.05) is 30.3 Å². The molecule has 0 bridgehead atoms. The SMILES string of the molecule is C=CCn1c([C@H]2CC(=O)N(c3ccccc3OCC)C2)nc2ccccc21. The molecule has 0 radical (unpaired) electrons. The molecule has 1 aromatic heterocycles. The molecule has 0 N–H and O–H groups in total. The molecule has 1 atom stereocenters. The Kier molecular flexibility index (Phi) is 4.67. The molecule has 138 valence electrons. The van der Waals surface area contributed by atoms with Crippen molar-refractivity contribution in [2.75, 3.05) is 18.1 Å². The van der Waals surface area contributed by atoms with Crippen molar-refractivity contribution in [3.05, 3.63) is 67.0 Å². The standard InChI is InChI=1S/C22H23N3O2/c1-3-13-24-18-10-6-5-9-17(18)23-22(24)16-14-21(26)25(15-16)19-11-7-8-12-20(19)27-4-2/h3,5-12,16H,1,4,13-15H2,2H3/t16-/m0/s1. The van der Waals surface area contributed by atoms with Crippen LogP contribution in [0.5, 0.6) is 5.75 Å². The number of benzene rings is 2. The van der Waals surface area contributed by atoms with Crippen LogP contribution in [0.25, 0.3) is 11.0 Å². The third kappa shape index (κ3) is 3.10. The number of aromatic nitrogens is 2. The van der Waals surface area contributed by atoms with Gasteiger partial charge in [-0.15, -0.1) is 6.58 Å². The monoisotopic (exact) mass is 361 g/mol. The van der Waals surface area contributed by atoms with Crippen molar-refractivity contribution in [3.8, 4) is 5.75 Å². The highest BCUT2D eigenvalue weighted by atomic mass is 16.5. The van der Waals surface area contributed by atoms with E-state index in [-0.39, 0.29) is 11.8 Å². The van der Waals surface area contributed by atoms with E-state index in [1.807, 2.05) is 60.4 Å². The number of fused-ring (bicyclic) bond motifs is 1. The lowest BCUT2D eigenvalue weighted by Crippen LogP contribution is -2.25. The zero-order chi connectivity index (χ0) is 18.8. The maximum absolute atomic E-state index is 12.8. The molecule has 0 unspecified atom stereocenters. The number of amides is 1. The van der Waals surface area contributed by atoms with Gasteiger partial charge >= 0.3 is 0 Å². The van der Waals surface area contributed by atoms with Crippen LogP contribution in [0.15, 0.2) is 61.2 Å². The van der Waals surface area contributed by atoms with Crippen LogP contribution in [-0.2, 0) is 11.3 Å². The first kappa shape index (κ1) is 17.3. The van der Waals surface area contributed by atoms with E-state index < -0.39 is 0 Å². The lowest BCUT2D eigenvalue weighted by Gasteiger charge is -2.20. The summed E-state index contributed by atoms with van der Waals surface area (Å²) in [5, 5.41) is 0. The third-order valence-electron chi connectivity index (χ3n) is 4.94. The van der Waals surface area contributed by atoms with Crippen LogP contribution in [0.4, 0.5) is 5.69 Å². The molecule has 2 heterocycles. The van der Waals surface area contributed by atoms with Gasteiger partial charge in [0, 0.05) is 25.4 Å². The van der Waals surface area contributed by atoms with Crippen LogP contribution in [-0.4, -0.2) is 28.6 Å². The van der Waals surface area contributed by atoms with Crippen molar-refractivity contribution >= 4 is 22.6 Å². The highest BCUT2D eigenvalue weighted by Gasteiger charge is 2.35. The maximum Gasteiger partial charge on any atom is 0.227 e. The summed E-state index contributed by atoms with van der Waals surface area (Å²) in [5.41, 5.74) is 2.86. The average molecular weight is 361 g/mol. The fourth-order valence-electron chi connectivity index (χ4n) is 3.80. The van der Waals surface area contributed by atoms with Crippen molar-refractivity contribution in [2.45, 2.75) is 25.8 Å². The average Bonchev–Trinajstić information content (AvgIpc) is 3.24. The molecule has 1 aliphatic heterocycles. The van der Waals surface area contributed by atoms with Crippen LogP contribution in [0.1, 0.15) is 25.1 Å². The minimum Gasteiger partial charge on any atom is -0.492 e. The molecule has 5 nitrogen and oxygen atoms in total. The Balaban J connectivity index is 1.70. The summed E-state index contributed by atoms with van der Waals surface area (Å²) in [6, 6.07) is 15.8. The normalized spacial score (nSPS) is 16.9. The van der Waals surface area contributed by atoms with Crippen molar-refractivity contribution in [1.29, 1.82) is 0 Å². The topological polar surface area (TPSA) is 47.4 Å². The number of hydrogen-bond donors (Lipinski definition) is 0. The van der Waals surface area contributed by atoms with E-state index in [1.54, 1.807) is 0 Å². The summed E-state index contributed by atoms with van der Waals surface area (Å²) in [5.74, 6) is 1.83. The summed E-state index contributed by atoms with van der Waals surface area (Å²) < 4.78 is 7.89. The van der Waals surface area contributed by atoms with Crippen LogP contribution in [0.3, 0.4) is 0 Å². The maximum atomic E-state index is 12.8. The molecule has 0 saturated carbocycles. The molecule has 1 amide bonds. The molecule has 1 saturated heterocycles. The minimum absolute atomic E-state index is 0.0412. The van der Waals surface area contributed by atoms with Gasteiger partial charge in [0.15, 0.2) is 0 Å². The van der Waals surface area contributed by atoms with E-state index in [2.05, 4.69) is 17.2 Å². The molecule has 3 aromatic rings. The number of allylic oxidation sites excluding steroid dienone is 1. The number of carbonyl (C=O) groups is 1. The predicted molar refractivity (Wildman–Crippen MR) is 107 cm³/mol. The quantitative estimate of drug-likeness (QED) is 0.620. The van der Waals surface area contributed by atoms with Crippen LogP contribution in [0, 0.1) is 0 Å². The van der Waals surface area contributed by atoms with Gasteiger partial charge in [0.2, 0.25) is 5.91 Å². The van der Waals surface area contributed by atoms with Gasteiger partial charge in [0.25, 0.3) is 0 Å². The molecule has 27 heavy (non-hydrogen) atoms. The van der Waals surface area contributed by atoms with Crippen LogP contribution >= 0.6 is 0 Å². The summed E-state index contributed by atoms with van der Waals surface area (Å²) in [6.45, 7) is 7.67. The van der Waals surface area contributed by atoms with Crippen molar-refractivity contribution in [3.63, 3.8) is 0 Å². The summed E-state index contributed by atoms with van der Waals surface area (Å²) in [7, 11) is 0. The number of para-hydroxylation sites is 4. The second-order valence-corrected chi connectivity index (χ2v) is 6.66. The zero-order valence-electron chi connectivity index (χ0n) is 15.5. The molecule has 0 aliphatic carbocycles. The van der Waals surface area contributed by atoms with Gasteiger partial charge in [-0.05, 0) is 31.2 Å². The number of ether oxygens (including phenoxy) is 1. The van der Waals surface area contributed by atoms with E-state index in [4.69, 9.17) is 9.72 Å². The summed E-state index contributed by atoms with van der Waals surface area (Å²) in [6.07, 6.45) is 2.32. The van der Waals surface area contributed by atoms with Crippen LogP contribution in [0.2, 0.25) is 0 Å². The first-order valence-electron chi connectivity index (χ1n) is 9.31. The van der Waals surface area contributed by atoms with Gasteiger partial charge in [-0.25, -0.2) is 4.98 Å². The minimum atomic E-state index is 0.0412. The fourth-order valence-corrected chi connectivity index (χ4v) is 3.80. The molecule has 2 aromatic carbocycles. The van der Waals surface area contributed by atoms with Crippen molar-refractivity contribution < 1.29 is 9.53 Å².